The standard InChI is InChI=1S/C18H29BrN2O3/c1-3-21(4-2)13-15-11-14(12-16(19)17(15)20)18(23)24-10-8-6-5-7-9-22/h11-12,22H,3-10,13,20H2,1-2H3. The third kappa shape index (κ3) is 6.79. The molecule has 24 heavy (non-hydrogen) atoms. The molecule has 0 heterocycles. The van der Waals surface area contributed by atoms with E-state index in [-0.39, 0.29) is 12.6 Å². The molecular formula is C18H29BrN2O3. The SMILES string of the molecule is CCN(CC)Cc1cc(C(=O)OCCCCCCO)cc(Br)c1N. The average Bonchev–Trinajstić information content (AvgIpc) is 2.58. The highest BCUT2D eigenvalue weighted by molar-refractivity contribution is 9.10. The summed E-state index contributed by atoms with van der Waals surface area (Å²) in [5, 5.41) is 8.73. The molecule has 0 bridgehead atoms. The highest BCUT2D eigenvalue weighted by Gasteiger charge is 2.14. The van der Waals surface area contributed by atoms with Crippen LogP contribution >= 0.6 is 15.9 Å². The normalized spacial score (nSPS) is 11.0. The molecule has 0 amide bonds. The number of nitrogen functional groups attached to an aromatic ring is 1. The minimum atomic E-state index is -0.321. The minimum absolute atomic E-state index is 0.217. The van der Waals surface area contributed by atoms with Gasteiger partial charge in [0.1, 0.15) is 0 Å². The molecule has 136 valence electrons. The lowest BCUT2D eigenvalue weighted by molar-refractivity contribution is 0.0497. The zero-order chi connectivity index (χ0) is 17.9. The second-order valence-corrected chi connectivity index (χ2v) is 6.62. The molecule has 0 aliphatic carbocycles. The van der Waals surface area contributed by atoms with Crippen LogP contribution in [0.2, 0.25) is 0 Å². The van der Waals surface area contributed by atoms with E-state index in [1.165, 1.54) is 0 Å². The number of hydrogen-bond acceptors (Lipinski definition) is 5. The van der Waals surface area contributed by atoms with Gasteiger partial charge < -0.3 is 15.6 Å². The van der Waals surface area contributed by atoms with Crippen LogP contribution in [0.1, 0.15) is 55.5 Å². The summed E-state index contributed by atoms with van der Waals surface area (Å²) in [6.07, 6.45) is 3.52. The van der Waals surface area contributed by atoms with E-state index < -0.39 is 0 Å². The molecule has 0 spiro atoms. The molecular weight excluding hydrogens is 372 g/mol. The number of carbonyl (C=O) groups is 1. The van der Waals surface area contributed by atoms with E-state index in [9.17, 15) is 4.79 Å². The summed E-state index contributed by atoms with van der Waals surface area (Å²) in [4.78, 5) is 14.5. The molecule has 1 aromatic rings. The highest BCUT2D eigenvalue weighted by Crippen LogP contribution is 2.27. The number of hydrogen-bond donors (Lipinski definition) is 2. The van der Waals surface area contributed by atoms with E-state index in [0.717, 1.165) is 48.8 Å². The second kappa shape index (κ2) is 11.4. The number of anilines is 1. The van der Waals surface area contributed by atoms with Gasteiger partial charge in [-0.25, -0.2) is 4.79 Å². The Bertz CT molecular complexity index is 519. The number of ether oxygens (including phenoxy) is 1. The molecule has 0 saturated heterocycles. The first-order valence-corrected chi connectivity index (χ1v) is 9.40. The van der Waals surface area contributed by atoms with Gasteiger partial charge in [0.2, 0.25) is 0 Å². The van der Waals surface area contributed by atoms with Crippen molar-refractivity contribution < 1.29 is 14.6 Å². The Kier molecular flexibility index (Phi) is 9.98. The van der Waals surface area contributed by atoms with Crippen LogP contribution < -0.4 is 5.73 Å². The Balaban J connectivity index is 2.66. The summed E-state index contributed by atoms with van der Waals surface area (Å²) in [5.74, 6) is -0.321. The lowest BCUT2D eigenvalue weighted by atomic mass is 10.1. The Morgan fingerprint density at radius 1 is 1.21 bits per heavy atom. The van der Waals surface area contributed by atoms with Crippen molar-refractivity contribution in [3.8, 4) is 0 Å². The molecule has 0 aliphatic rings. The number of rotatable bonds is 11. The molecule has 0 atom stereocenters. The van der Waals surface area contributed by atoms with Crippen LogP contribution in [0.4, 0.5) is 5.69 Å². The van der Waals surface area contributed by atoms with Crippen molar-refractivity contribution in [1.29, 1.82) is 0 Å². The summed E-state index contributed by atoms with van der Waals surface area (Å²) in [7, 11) is 0. The first kappa shape index (κ1) is 20.9. The van der Waals surface area contributed by atoms with E-state index in [1.807, 2.05) is 6.07 Å². The third-order valence-corrected chi connectivity index (χ3v) is 4.68. The van der Waals surface area contributed by atoms with Crippen LogP contribution in [0.3, 0.4) is 0 Å². The van der Waals surface area contributed by atoms with Crippen LogP contribution in [0.25, 0.3) is 0 Å². The van der Waals surface area contributed by atoms with Gasteiger partial charge in [-0.05, 0) is 66.0 Å². The molecule has 0 unspecified atom stereocenters. The van der Waals surface area contributed by atoms with Gasteiger partial charge in [0, 0.05) is 17.6 Å². The Labute approximate surface area is 153 Å². The maximum absolute atomic E-state index is 12.2. The lowest BCUT2D eigenvalue weighted by Crippen LogP contribution is -2.23. The summed E-state index contributed by atoms with van der Waals surface area (Å²) in [6, 6.07) is 3.54. The summed E-state index contributed by atoms with van der Waals surface area (Å²) in [6.45, 7) is 7.38. The second-order valence-electron chi connectivity index (χ2n) is 5.77. The molecule has 0 aliphatic heterocycles. The number of nitrogens with two attached hydrogens (primary N) is 1. The van der Waals surface area contributed by atoms with Gasteiger partial charge in [0.05, 0.1) is 17.9 Å². The lowest BCUT2D eigenvalue weighted by Gasteiger charge is -2.20. The van der Waals surface area contributed by atoms with Crippen molar-refractivity contribution in [2.75, 3.05) is 32.0 Å². The quantitative estimate of drug-likeness (QED) is 0.337. The van der Waals surface area contributed by atoms with Gasteiger partial charge in [-0.3, -0.25) is 4.90 Å². The largest absolute Gasteiger partial charge is 0.462 e. The molecule has 0 radical (unpaired) electrons. The van der Waals surface area contributed by atoms with Crippen molar-refractivity contribution in [3.05, 3.63) is 27.7 Å². The number of esters is 1. The molecule has 0 fully saturated rings. The van der Waals surface area contributed by atoms with E-state index in [2.05, 4.69) is 34.7 Å². The number of benzene rings is 1. The molecule has 1 rings (SSSR count). The van der Waals surface area contributed by atoms with E-state index in [4.69, 9.17) is 15.6 Å². The summed E-state index contributed by atoms with van der Waals surface area (Å²) in [5.41, 5.74) is 8.26. The molecule has 3 N–H and O–H groups in total. The number of halogens is 1. The maximum atomic E-state index is 12.2. The van der Waals surface area contributed by atoms with Crippen molar-refractivity contribution in [1.82, 2.24) is 4.90 Å². The molecule has 6 heteroatoms. The smallest absolute Gasteiger partial charge is 0.338 e. The van der Waals surface area contributed by atoms with E-state index >= 15 is 0 Å². The van der Waals surface area contributed by atoms with Crippen molar-refractivity contribution in [2.45, 2.75) is 46.1 Å². The summed E-state index contributed by atoms with van der Waals surface area (Å²) >= 11 is 3.43. The molecule has 5 nitrogen and oxygen atoms in total. The van der Waals surface area contributed by atoms with E-state index in [1.54, 1.807) is 6.07 Å². The van der Waals surface area contributed by atoms with Crippen LogP contribution in [0, 0.1) is 0 Å². The molecule has 0 aromatic heterocycles. The number of carbonyl (C=O) groups excluding carboxylic acids is 1. The number of aliphatic hydroxyl groups excluding tert-OH is 1. The zero-order valence-corrected chi connectivity index (χ0v) is 16.3. The fourth-order valence-electron chi connectivity index (χ4n) is 2.43. The van der Waals surface area contributed by atoms with Gasteiger partial charge in [0.25, 0.3) is 0 Å². The minimum Gasteiger partial charge on any atom is -0.462 e. The monoisotopic (exact) mass is 400 g/mol. The van der Waals surface area contributed by atoms with Gasteiger partial charge in [-0.2, -0.15) is 0 Å². The first-order chi connectivity index (χ1) is 11.5. The van der Waals surface area contributed by atoms with Gasteiger partial charge in [0.15, 0.2) is 0 Å². The number of unbranched alkanes of at least 4 members (excludes halogenated alkanes) is 3. The predicted octanol–water partition coefficient (Wildman–Crippen LogP) is 3.58. The van der Waals surface area contributed by atoms with Crippen LogP contribution in [-0.4, -0.2) is 42.3 Å². The summed E-state index contributed by atoms with van der Waals surface area (Å²) < 4.78 is 6.06. The topological polar surface area (TPSA) is 75.8 Å². The Morgan fingerprint density at radius 3 is 2.50 bits per heavy atom. The van der Waals surface area contributed by atoms with Gasteiger partial charge >= 0.3 is 5.97 Å². The van der Waals surface area contributed by atoms with E-state index in [0.29, 0.717) is 24.4 Å². The fourth-order valence-corrected chi connectivity index (χ4v) is 2.93. The highest BCUT2D eigenvalue weighted by atomic mass is 79.9. The number of aliphatic hydroxyl groups is 1. The van der Waals surface area contributed by atoms with Crippen molar-refractivity contribution in [3.63, 3.8) is 0 Å². The average molecular weight is 401 g/mol. The van der Waals surface area contributed by atoms with Crippen LogP contribution in [-0.2, 0) is 11.3 Å². The van der Waals surface area contributed by atoms with Gasteiger partial charge in [-0.1, -0.05) is 20.3 Å². The first-order valence-electron chi connectivity index (χ1n) is 8.61. The predicted molar refractivity (Wildman–Crippen MR) is 101 cm³/mol. The van der Waals surface area contributed by atoms with Crippen molar-refractivity contribution in [2.24, 2.45) is 0 Å². The van der Waals surface area contributed by atoms with Crippen molar-refractivity contribution >= 4 is 27.6 Å². The van der Waals surface area contributed by atoms with Crippen LogP contribution in [0.5, 0.6) is 0 Å². The van der Waals surface area contributed by atoms with Crippen LogP contribution in [0.15, 0.2) is 16.6 Å². The van der Waals surface area contributed by atoms with Gasteiger partial charge in [-0.15, -0.1) is 0 Å². The fraction of sp³-hybridized carbons (Fsp3) is 0.611. The molecule has 1 aromatic carbocycles. The third-order valence-electron chi connectivity index (χ3n) is 4.02. The molecule has 0 saturated carbocycles. The zero-order valence-electron chi connectivity index (χ0n) is 14.7. The Hall–Kier alpha value is -1.11. The number of nitrogens with zero attached hydrogens (tertiary/aromatic N) is 1. The Morgan fingerprint density at radius 2 is 1.88 bits per heavy atom. The maximum Gasteiger partial charge on any atom is 0.338 e.